The summed E-state index contributed by atoms with van der Waals surface area (Å²) in [6.45, 7) is 13.0. The molecule has 27 heavy (non-hydrogen) atoms. The number of piperazine rings is 1. The second-order valence-corrected chi connectivity index (χ2v) is 8.51. The number of hydrogen-bond donors (Lipinski definition) is 1. The molecule has 0 aliphatic carbocycles. The molecule has 0 saturated carbocycles. The number of anilines is 1. The third kappa shape index (κ3) is 5.33. The Bertz CT molecular complexity index is 752. The lowest BCUT2D eigenvalue weighted by Gasteiger charge is -2.34. The molecule has 2 amide bonds. The Morgan fingerprint density at radius 2 is 1.52 bits per heavy atom. The molecule has 3 rings (SSSR count). The van der Waals surface area contributed by atoms with Crippen molar-refractivity contribution in [2.75, 3.05) is 31.5 Å². The summed E-state index contributed by atoms with van der Waals surface area (Å²) in [5.74, 6) is 0. The zero-order chi connectivity index (χ0) is 19.4. The third-order valence-corrected chi connectivity index (χ3v) is 5.19. The van der Waals surface area contributed by atoms with Gasteiger partial charge in [-0.1, -0.05) is 62.7 Å². The van der Waals surface area contributed by atoms with Gasteiger partial charge in [0.05, 0.1) is 0 Å². The van der Waals surface area contributed by atoms with E-state index in [1.165, 1.54) is 16.7 Å². The van der Waals surface area contributed by atoms with E-state index in [1.807, 2.05) is 17.0 Å². The molecule has 2 aromatic rings. The number of benzene rings is 2. The highest BCUT2D eigenvalue weighted by molar-refractivity contribution is 5.89. The maximum atomic E-state index is 12.5. The van der Waals surface area contributed by atoms with E-state index >= 15 is 0 Å². The van der Waals surface area contributed by atoms with E-state index in [4.69, 9.17) is 0 Å². The number of carbonyl (C=O) groups is 1. The van der Waals surface area contributed by atoms with Crippen molar-refractivity contribution in [3.8, 4) is 0 Å². The standard InChI is InChI=1S/C23H31N3O/c1-18-5-7-19(8-6-18)17-25-13-15-26(16-14-25)22(27)24-21-11-9-20(10-12-21)23(2,3)4/h5-12H,13-17H2,1-4H3,(H,24,27). The molecule has 0 aromatic heterocycles. The minimum Gasteiger partial charge on any atom is -0.322 e. The van der Waals surface area contributed by atoms with Crippen molar-refractivity contribution >= 4 is 11.7 Å². The monoisotopic (exact) mass is 365 g/mol. The second-order valence-electron chi connectivity index (χ2n) is 8.51. The van der Waals surface area contributed by atoms with Crippen LogP contribution in [0.1, 0.15) is 37.5 Å². The smallest absolute Gasteiger partial charge is 0.321 e. The predicted molar refractivity (Wildman–Crippen MR) is 112 cm³/mol. The summed E-state index contributed by atoms with van der Waals surface area (Å²) in [5, 5.41) is 3.03. The maximum Gasteiger partial charge on any atom is 0.321 e. The Kier molecular flexibility index (Phi) is 5.85. The molecule has 1 N–H and O–H groups in total. The molecular weight excluding hydrogens is 334 g/mol. The van der Waals surface area contributed by atoms with Gasteiger partial charge in [-0.15, -0.1) is 0 Å². The quantitative estimate of drug-likeness (QED) is 0.860. The number of urea groups is 1. The Labute approximate surface area is 163 Å². The molecule has 1 heterocycles. The van der Waals surface area contributed by atoms with E-state index in [0.717, 1.165) is 38.4 Å². The van der Waals surface area contributed by atoms with Gasteiger partial charge in [0.15, 0.2) is 0 Å². The first-order chi connectivity index (χ1) is 12.8. The summed E-state index contributed by atoms with van der Waals surface area (Å²) in [6.07, 6.45) is 0. The highest BCUT2D eigenvalue weighted by atomic mass is 16.2. The molecule has 1 fully saturated rings. The van der Waals surface area contributed by atoms with Gasteiger partial charge in [-0.2, -0.15) is 0 Å². The Morgan fingerprint density at radius 1 is 0.926 bits per heavy atom. The number of carbonyl (C=O) groups excluding carboxylic acids is 1. The molecule has 0 spiro atoms. The molecule has 1 aliphatic rings. The number of hydrogen-bond acceptors (Lipinski definition) is 2. The first-order valence-corrected chi connectivity index (χ1v) is 9.76. The fraction of sp³-hybridized carbons (Fsp3) is 0.435. The number of amides is 2. The number of nitrogens with zero attached hydrogens (tertiary/aromatic N) is 2. The molecule has 4 nitrogen and oxygen atoms in total. The third-order valence-electron chi connectivity index (χ3n) is 5.19. The highest BCUT2D eigenvalue weighted by Crippen LogP contribution is 2.23. The first-order valence-electron chi connectivity index (χ1n) is 9.76. The van der Waals surface area contributed by atoms with Gasteiger partial charge in [0.2, 0.25) is 0 Å². The molecule has 0 atom stereocenters. The lowest BCUT2D eigenvalue weighted by Crippen LogP contribution is -2.49. The van der Waals surface area contributed by atoms with Crippen LogP contribution in [0.4, 0.5) is 10.5 Å². The summed E-state index contributed by atoms with van der Waals surface area (Å²) < 4.78 is 0. The molecule has 4 heteroatoms. The Balaban J connectivity index is 1.49. The average molecular weight is 366 g/mol. The summed E-state index contributed by atoms with van der Waals surface area (Å²) in [7, 11) is 0. The molecule has 1 aliphatic heterocycles. The van der Waals surface area contributed by atoms with Crippen LogP contribution in [-0.2, 0) is 12.0 Å². The van der Waals surface area contributed by atoms with Gasteiger partial charge in [0.25, 0.3) is 0 Å². The van der Waals surface area contributed by atoms with Gasteiger partial charge < -0.3 is 10.2 Å². The number of nitrogens with one attached hydrogen (secondary N) is 1. The minimum absolute atomic E-state index is 0.00602. The first kappa shape index (κ1) is 19.4. The topological polar surface area (TPSA) is 35.6 Å². The van der Waals surface area contributed by atoms with Crippen LogP contribution in [0, 0.1) is 6.92 Å². The fourth-order valence-corrected chi connectivity index (χ4v) is 3.32. The number of aryl methyl sites for hydroxylation is 1. The molecule has 0 unspecified atom stereocenters. The van der Waals surface area contributed by atoms with Gasteiger partial charge in [-0.05, 0) is 35.6 Å². The SMILES string of the molecule is Cc1ccc(CN2CCN(C(=O)Nc3ccc(C(C)(C)C)cc3)CC2)cc1. The zero-order valence-electron chi connectivity index (χ0n) is 17.0. The van der Waals surface area contributed by atoms with Gasteiger partial charge in [-0.3, -0.25) is 4.90 Å². The van der Waals surface area contributed by atoms with E-state index in [1.54, 1.807) is 0 Å². The van der Waals surface area contributed by atoms with Crippen molar-refractivity contribution in [1.29, 1.82) is 0 Å². The van der Waals surface area contributed by atoms with Gasteiger partial charge in [0.1, 0.15) is 0 Å². The van der Waals surface area contributed by atoms with Crippen LogP contribution in [0.25, 0.3) is 0 Å². The van der Waals surface area contributed by atoms with E-state index in [-0.39, 0.29) is 11.4 Å². The van der Waals surface area contributed by atoms with Crippen LogP contribution in [0.3, 0.4) is 0 Å². The summed E-state index contributed by atoms with van der Waals surface area (Å²) in [5.41, 5.74) is 4.87. The van der Waals surface area contributed by atoms with Crippen molar-refractivity contribution in [2.24, 2.45) is 0 Å². The largest absolute Gasteiger partial charge is 0.322 e. The normalized spacial score (nSPS) is 15.6. The van der Waals surface area contributed by atoms with Crippen molar-refractivity contribution in [3.05, 3.63) is 65.2 Å². The van der Waals surface area contributed by atoms with Gasteiger partial charge in [0, 0.05) is 38.4 Å². The Hall–Kier alpha value is -2.33. The van der Waals surface area contributed by atoms with Crippen LogP contribution < -0.4 is 5.32 Å². The van der Waals surface area contributed by atoms with Crippen LogP contribution in [0.2, 0.25) is 0 Å². The molecular formula is C23H31N3O. The van der Waals surface area contributed by atoms with Crippen molar-refractivity contribution < 1.29 is 4.79 Å². The number of rotatable bonds is 3. The van der Waals surface area contributed by atoms with E-state index < -0.39 is 0 Å². The zero-order valence-corrected chi connectivity index (χ0v) is 17.0. The predicted octanol–water partition coefficient (Wildman–Crippen LogP) is 4.64. The summed E-state index contributed by atoms with van der Waals surface area (Å²) in [4.78, 5) is 16.9. The molecule has 0 bridgehead atoms. The van der Waals surface area contributed by atoms with E-state index in [9.17, 15) is 4.79 Å². The molecule has 144 valence electrons. The lowest BCUT2D eigenvalue weighted by molar-refractivity contribution is 0.143. The van der Waals surface area contributed by atoms with Crippen molar-refractivity contribution in [2.45, 2.75) is 39.7 Å². The summed E-state index contributed by atoms with van der Waals surface area (Å²) in [6, 6.07) is 16.9. The molecule has 0 radical (unpaired) electrons. The Morgan fingerprint density at radius 3 is 2.07 bits per heavy atom. The van der Waals surface area contributed by atoms with Crippen LogP contribution in [0.15, 0.2) is 48.5 Å². The van der Waals surface area contributed by atoms with Gasteiger partial charge in [-0.25, -0.2) is 4.79 Å². The minimum atomic E-state index is -0.00602. The maximum absolute atomic E-state index is 12.5. The van der Waals surface area contributed by atoms with Crippen LogP contribution >= 0.6 is 0 Å². The van der Waals surface area contributed by atoms with Crippen LogP contribution in [0.5, 0.6) is 0 Å². The van der Waals surface area contributed by atoms with Crippen LogP contribution in [-0.4, -0.2) is 42.0 Å². The average Bonchev–Trinajstić information content (AvgIpc) is 2.64. The second kappa shape index (κ2) is 8.13. The van der Waals surface area contributed by atoms with Crippen molar-refractivity contribution in [1.82, 2.24) is 9.80 Å². The van der Waals surface area contributed by atoms with Gasteiger partial charge >= 0.3 is 6.03 Å². The highest BCUT2D eigenvalue weighted by Gasteiger charge is 2.21. The van der Waals surface area contributed by atoms with E-state index in [0.29, 0.717) is 0 Å². The molecule has 1 saturated heterocycles. The van der Waals surface area contributed by atoms with Crippen molar-refractivity contribution in [3.63, 3.8) is 0 Å². The lowest BCUT2D eigenvalue weighted by atomic mass is 9.87. The molecule has 2 aromatic carbocycles. The summed E-state index contributed by atoms with van der Waals surface area (Å²) >= 11 is 0. The van der Waals surface area contributed by atoms with E-state index in [2.05, 4.69) is 74.3 Å². The fourth-order valence-electron chi connectivity index (χ4n) is 3.32.